The van der Waals surface area contributed by atoms with E-state index in [1.807, 2.05) is 0 Å². The van der Waals surface area contributed by atoms with Crippen LogP contribution in [0.3, 0.4) is 0 Å². The third kappa shape index (κ3) is 4.42. The fourth-order valence-corrected chi connectivity index (χ4v) is 4.66. The zero-order valence-electron chi connectivity index (χ0n) is 11.8. The van der Waals surface area contributed by atoms with E-state index < -0.39 is 15.9 Å². The van der Waals surface area contributed by atoms with Crippen LogP contribution in [-0.2, 0) is 10.0 Å². The minimum absolute atomic E-state index is 0. The van der Waals surface area contributed by atoms with Gasteiger partial charge in [-0.05, 0) is 43.5 Å². The fourth-order valence-electron chi connectivity index (χ4n) is 2.60. The van der Waals surface area contributed by atoms with Gasteiger partial charge in [0.15, 0.2) is 0 Å². The Morgan fingerprint density at radius 3 is 2.59 bits per heavy atom. The van der Waals surface area contributed by atoms with Crippen LogP contribution < -0.4 is 16.2 Å². The lowest BCUT2D eigenvalue weighted by Gasteiger charge is -2.19. The van der Waals surface area contributed by atoms with Crippen molar-refractivity contribution in [1.29, 1.82) is 0 Å². The van der Waals surface area contributed by atoms with E-state index >= 15 is 0 Å². The molecule has 0 spiro atoms. The molecule has 0 saturated heterocycles. The lowest BCUT2D eigenvalue weighted by molar-refractivity contribution is 0.1000. The molecule has 1 aliphatic rings. The van der Waals surface area contributed by atoms with Crippen molar-refractivity contribution in [3.63, 3.8) is 0 Å². The Morgan fingerprint density at radius 1 is 1.32 bits per heavy atom. The van der Waals surface area contributed by atoms with Gasteiger partial charge in [0.2, 0.25) is 15.9 Å². The van der Waals surface area contributed by atoms with Crippen molar-refractivity contribution in [2.45, 2.75) is 30.2 Å². The largest absolute Gasteiger partial charge is 0.366 e. The number of primary amides is 1. The maximum absolute atomic E-state index is 12.5. The van der Waals surface area contributed by atoms with Gasteiger partial charge in [-0.2, -0.15) is 0 Å². The molecule has 1 aromatic carbocycles. The number of nitrogens with two attached hydrogens (primary N) is 2. The molecule has 22 heavy (non-hydrogen) atoms. The molecule has 1 aromatic rings. The smallest absolute Gasteiger partial charge is 0.248 e. The maximum atomic E-state index is 12.5. The first-order chi connectivity index (χ1) is 9.83. The molecule has 5 N–H and O–H groups in total. The van der Waals surface area contributed by atoms with Gasteiger partial charge < -0.3 is 11.5 Å². The van der Waals surface area contributed by atoms with Crippen molar-refractivity contribution >= 4 is 44.3 Å². The number of amides is 1. The van der Waals surface area contributed by atoms with Gasteiger partial charge in [0, 0.05) is 16.1 Å². The number of halogens is 2. The maximum Gasteiger partial charge on any atom is 0.248 e. The number of hydrogen-bond donors (Lipinski definition) is 3. The van der Waals surface area contributed by atoms with Crippen LogP contribution in [0.1, 0.15) is 29.6 Å². The van der Waals surface area contributed by atoms with E-state index in [0.717, 1.165) is 19.3 Å². The van der Waals surface area contributed by atoms with Gasteiger partial charge in [-0.1, -0.05) is 22.4 Å². The Bertz CT molecular complexity index is 654. The highest BCUT2D eigenvalue weighted by Crippen LogP contribution is 2.27. The van der Waals surface area contributed by atoms with Crippen LogP contribution in [0.2, 0.25) is 0 Å². The average molecular weight is 413 g/mol. The lowest BCUT2D eigenvalue weighted by atomic mass is 10.1. The van der Waals surface area contributed by atoms with Crippen LogP contribution in [-0.4, -0.2) is 26.9 Å². The van der Waals surface area contributed by atoms with E-state index in [9.17, 15) is 13.2 Å². The van der Waals surface area contributed by atoms with Crippen LogP contribution >= 0.6 is 28.3 Å². The molecule has 9 heteroatoms. The number of hydrogen-bond acceptors (Lipinski definition) is 4. The van der Waals surface area contributed by atoms with Crippen LogP contribution in [0.15, 0.2) is 27.6 Å². The van der Waals surface area contributed by atoms with E-state index in [-0.39, 0.29) is 34.8 Å². The first-order valence-electron chi connectivity index (χ1n) is 6.66. The van der Waals surface area contributed by atoms with Crippen LogP contribution in [0.25, 0.3) is 0 Å². The molecule has 2 atom stereocenters. The Labute approximate surface area is 144 Å². The van der Waals surface area contributed by atoms with Gasteiger partial charge in [0.05, 0.1) is 4.90 Å². The molecule has 1 aliphatic carbocycles. The lowest BCUT2D eigenvalue weighted by Crippen LogP contribution is -2.39. The summed E-state index contributed by atoms with van der Waals surface area (Å²) in [4.78, 5) is 11.3. The van der Waals surface area contributed by atoms with E-state index in [4.69, 9.17) is 11.5 Å². The molecule has 0 radical (unpaired) electrons. The van der Waals surface area contributed by atoms with Crippen molar-refractivity contribution in [3.8, 4) is 0 Å². The third-order valence-corrected chi connectivity index (χ3v) is 5.66. The quantitative estimate of drug-likeness (QED) is 0.677. The fraction of sp³-hybridized carbons (Fsp3) is 0.462. The second-order valence-electron chi connectivity index (χ2n) is 5.19. The normalized spacial score (nSPS) is 21.4. The molecule has 0 heterocycles. The summed E-state index contributed by atoms with van der Waals surface area (Å²) in [7, 11) is -3.71. The SMILES string of the molecule is Cl.NCC1CCCC1NS(=O)(=O)c1cc(Br)cc(C(N)=O)c1. The third-order valence-electron chi connectivity index (χ3n) is 3.73. The predicted octanol–water partition coefficient (Wildman–Crippen LogP) is 1.38. The summed E-state index contributed by atoms with van der Waals surface area (Å²) in [5, 5.41) is 0. The Balaban J connectivity index is 0.00000242. The van der Waals surface area contributed by atoms with Crippen molar-refractivity contribution in [3.05, 3.63) is 28.2 Å². The summed E-state index contributed by atoms with van der Waals surface area (Å²) in [6.45, 7) is 0.457. The number of nitrogens with one attached hydrogen (secondary N) is 1. The average Bonchev–Trinajstić information content (AvgIpc) is 2.84. The van der Waals surface area contributed by atoms with Crippen LogP contribution in [0.4, 0.5) is 0 Å². The minimum atomic E-state index is -3.71. The van der Waals surface area contributed by atoms with Crippen molar-refractivity contribution in [1.82, 2.24) is 4.72 Å². The summed E-state index contributed by atoms with van der Waals surface area (Å²) in [6, 6.07) is 4.05. The second-order valence-corrected chi connectivity index (χ2v) is 7.82. The van der Waals surface area contributed by atoms with E-state index in [1.54, 1.807) is 0 Å². The number of rotatable bonds is 5. The molecular weight excluding hydrogens is 394 g/mol. The van der Waals surface area contributed by atoms with Crippen molar-refractivity contribution in [2.24, 2.45) is 17.4 Å². The minimum Gasteiger partial charge on any atom is -0.366 e. The zero-order chi connectivity index (χ0) is 15.6. The monoisotopic (exact) mass is 411 g/mol. The molecule has 1 amide bonds. The number of carbonyl (C=O) groups is 1. The van der Waals surface area contributed by atoms with Crippen molar-refractivity contribution < 1.29 is 13.2 Å². The molecule has 1 fully saturated rings. The second kappa shape index (κ2) is 7.74. The molecule has 2 rings (SSSR count). The zero-order valence-corrected chi connectivity index (χ0v) is 15.0. The van der Waals surface area contributed by atoms with Gasteiger partial charge in [0.25, 0.3) is 0 Å². The molecule has 2 unspecified atom stereocenters. The Hall–Kier alpha value is -0.670. The van der Waals surface area contributed by atoms with Gasteiger partial charge in [-0.15, -0.1) is 12.4 Å². The van der Waals surface area contributed by atoms with Gasteiger partial charge in [-0.25, -0.2) is 13.1 Å². The topological polar surface area (TPSA) is 115 Å². The highest BCUT2D eigenvalue weighted by molar-refractivity contribution is 9.10. The molecular formula is C13H19BrClN3O3S. The molecule has 0 aromatic heterocycles. The number of sulfonamides is 1. The number of benzene rings is 1. The summed E-state index contributed by atoms with van der Waals surface area (Å²) < 4.78 is 28.1. The van der Waals surface area contributed by atoms with E-state index in [2.05, 4.69) is 20.7 Å². The summed E-state index contributed by atoms with van der Waals surface area (Å²) in [5.74, 6) is -0.518. The molecule has 1 saturated carbocycles. The molecule has 124 valence electrons. The van der Waals surface area contributed by atoms with Crippen LogP contribution in [0, 0.1) is 5.92 Å². The van der Waals surface area contributed by atoms with Gasteiger partial charge in [-0.3, -0.25) is 4.79 Å². The standard InChI is InChI=1S/C13H18BrN3O3S.ClH/c14-10-4-9(13(16)18)5-11(6-10)21(19,20)17-12-3-1-2-8(12)7-15;/h4-6,8,12,17H,1-3,7,15H2,(H2,16,18);1H. The predicted molar refractivity (Wildman–Crippen MR) is 90.4 cm³/mol. The first kappa shape index (κ1) is 19.4. The molecule has 6 nitrogen and oxygen atoms in total. The summed E-state index contributed by atoms with van der Waals surface area (Å²) >= 11 is 3.19. The number of carbonyl (C=O) groups excluding carboxylic acids is 1. The first-order valence-corrected chi connectivity index (χ1v) is 8.94. The molecule has 0 aliphatic heterocycles. The molecule has 0 bridgehead atoms. The van der Waals surface area contributed by atoms with Crippen LogP contribution in [0.5, 0.6) is 0 Å². The summed E-state index contributed by atoms with van der Waals surface area (Å²) in [5.41, 5.74) is 11.0. The van der Waals surface area contributed by atoms with E-state index in [0.29, 0.717) is 11.0 Å². The summed E-state index contributed by atoms with van der Waals surface area (Å²) in [6.07, 6.45) is 2.66. The van der Waals surface area contributed by atoms with Gasteiger partial charge >= 0.3 is 0 Å². The highest BCUT2D eigenvalue weighted by Gasteiger charge is 2.30. The van der Waals surface area contributed by atoms with Gasteiger partial charge in [0.1, 0.15) is 0 Å². The van der Waals surface area contributed by atoms with Crippen molar-refractivity contribution in [2.75, 3.05) is 6.54 Å². The Kier molecular flexibility index (Phi) is 6.82. The Morgan fingerprint density at radius 2 is 2.00 bits per heavy atom. The van der Waals surface area contributed by atoms with E-state index in [1.165, 1.54) is 18.2 Å². The highest BCUT2D eigenvalue weighted by atomic mass is 79.9.